The average molecular weight is 558 g/mol. The number of amides is 1. The number of halogens is 2. The van der Waals surface area contributed by atoms with Crippen LogP contribution in [0, 0.1) is 5.82 Å². The maximum Gasteiger partial charge on any atom is 0.322 e. The Morgan fingerprint density at radius 2 is 2.14 bits per heavy atom. The van der Waals surface area contributed by atoms with Gasteiger partial charge in [-0.1, -0.05) is 16.8 Å². The number of carbonyl (C=O) groups is 2. The van der Waals surface area contributed by atoms with Crippen LogP contribution in [0.15, 0.2) is 39.8 Å². The Labute approximate surface area is 214 Å². The van der Waals surface area contributed by atoms with Crippen LogP contribution < -0.4 is 14.4 Å². The van der Waals surface area contributed by atoms with E-state index in [4.69, 9.17) is 20.9 Å². The molecule has 3 heterocycles. The predicted octanol–water partition coefficient (Wildman–Crippen LogP) is 3.70. The molecule has 0 saturated carbocycles. The zero-order chi connectivity index (χ0) is 26.0. The van der Waals surface area contributed by atoms with Crippen LogP contribution in [0.2, 0.25) is 4.34 Å². The zero-order valence-corrected chi connectivity index (χ0v) is 21.3. The fourth-order valence-corrected chi connectivity index (χ4v) is 6.21. The first kappa shape index (κ1) is 26.1. The summed E-state index contributed by atoms with van der Waals surface area (Å²) in [6.45, 7) is 0.271. The Kier molecular flexibility index (Phi) is 7.64. The summed E-state index contributed by atoms with van der Waals surface area (Å²) in [7, 11) is -3.43. The van der Waals surface area contributed by atoms with Gasteiger partial charge in [-0.3, -0.25) is 9.59 Å². The number of sulfonamides is 1. The van der Waals surface area contributed by atoms with Crippen LogP contribution in [0.3, 0.4) is 0 Å². The number of carboxylic acid groups (broad SMARTS) is 1. The van der Waals surface area contributed by atoms with Crippen molar-refractivity contribution < 1.29 is 36.8 Å². The minimum atomic E-state index is -4.62. The number of hydrogen-bond donors (Lipinski definition) is 2. The van der Waals surface area contributed by atoms with Gasteiger partial charge in [0.2, 0.25) is 15.9 Å². The number of nitrogens with one attached hydrogen (secondary N) is 1. The number of hydrogen-bond acceptors (Lipinski definition) is 8. The number of thiophene rings is 1. The summed E-state index contributed by atoms with van der Waals surface area (Å²) in [5.74, 6) is -2.62. The molecule has 36 heavy (non-hydrogen) atoms. The zero-order valence-electron chi connectivity index (χ0n) is 18.9. The SMILES string of the molecule is COc1c(N2CCCCC2=O)cc(F)cc1S(=O)(=O)NC(Cc1cc(-c2ccc(Cl)s2)on1)C(=O)O. The number of ether oxygens (including phenoxy) is 1. The summed E-state index contributed by atoms with van der Waals surface area (Å²) < 4.78 is 54.1. The highest BCUT2D eigenvalue weighted by Gasteiger charge is 2.33. The summed E-state index contributed by atoms with van der Waals surface area (Å²) in [6.07, 6.45) is 1.21. The van der Waals surface area contributed by atoms with Gasteiger partial charge in [-0.05, 0) is 31.0 Å². The van der Waals surface area contributed by atoms with E-state index >= 15 is 0 Å². The Hall–Kier alpha value is -3.00. The lowest BCUT2D eigenvalue weighted by Crippen LogP contribution is -2.42. The van der Waals surface area contributed by atoms with Gasteiger partial charge >= 0.3 is 5.97 Å². The van der Waals surface area contributed by atoms with Crippen LogP contribution in [0.1, 0.15) is 25.0 Å². The molecule has 4 rings (SSSR count). The van der Waals surface area contributed by atoms with Crippen molar-refractivity contribution in [1.82, 2.24) is 9.88 Å². The molecule has 2 aromatic heterocycles. The molecule has 1 amide bonds. The Balaban J connectivity index is 1.63. The predicted molar refractivity (Wildman–Crippen MR) is 129 cm³/mol. The molecule has 1 aliphatic rings. The molecule has 0 aliphatic carbocycles. The molecule has 2 N–H and O–H groups in total. The Morgan fingerprint density at radius 1 is 1.36 bits per heavy atom. The summed E-state index contributed by atoms with van der Waals surface area (Å²) >= 11 is 7.15. The van der Waals surface area contributed by atoms with E-state index in [1.807, 2.05) is 0 Å². The summed E-state index contributed by atoms with van der Waals surface area (Å²) in [6, 6.07) is 4.92. The topological polar surface area (TPSA) is 139 Å². The van der Waals surface area contributed by atoms with Crippen molar-refractivity contribution in [3.63, 3.8) is 0 Å². The number of aromatic nitrogens is 1. The minimum absolute atomic E-state index is 0.0369. The number of aliphatic carboxylic acids is 1. The summed E-state index contributed by atoms with van der Waals surface area (Å²) in [5, 5.41) is 13.5. The Morgan fingerprint density at radius 3 is 2.78 bits per heavy atom. The van der Waals surface area contributed by atoms with Crippen LogP contribution >= 0.6 is 22.9 Å². The van der Waals surface area contributed by atoms with Gasteiger partial charge in [0.1, 0.15) is 16.8 Å². The number of nitrogens with zero attached hydrogens (tertiary/aromatic N) is 2. The lowest BCUT2D eigenvalue weighted by molar-refractivity contribution is -0.139. The lowest BCUT2D eigenvalue weighted by Gasteiger charge is -2.29. The van der Waals surface area contributed by atoms with Gasteiger partial charge in [-0.25, -0.2) is 12.8 Å². The monoisotopic (exact) mass is 557 g/mol. The van der Waals surface area contributed by atoms with Gasteiger partial charge in [-0.2, -0.15) is 4.72 Å². The van der Waals surface area contributed by atoms with Crippen LogP contribution in [-0.4, -0.2) is 50.3 Å². The first-order valence-electron chi connectivity index (χ1n) is 10.7. The van der Waals surface area contributed by atoms with Crippen molar-refractivity contribution in [1.29, 1.82) is 0 Å². The van der Waals surface area contributed by atoms with E-state index in [1.165, 1.54) is 29.4 Å². The molecule has 14 heteroatoms. The number of methoxy groups -OCH3 is 1. The van der Waals surface area contributed by atoms with Gasteiger partial charge < -0.3 is 19.3 Å². The smallest absolute Gasteiger partial charge is 0.322 e. The first-order valence-corrected chi connectivity index (χ1v) is 13.4. The standard InChI is InChI=1S/C22H21ClFN3O7S2/c1-33-21-15(27-7-3-2-4-20(27)28)8-12(24)9-18(21)36(31,32)26-14(22(29)30)10-13-11-16(34-25-13)17-5-6-19(23)35-17/h5-6,8-9,11,14,26H,2-4,7,10H2,1H3,(H,29,30). The quantitative estimate of drug-likeness (QED) is 0.406. The van der Waals surface area contributed by atoms with Gasteiger partial charge in [0, 0.05) is 31.5 Å². The van der Waals surface area contributed by atoms with Crippen molar-refractivity contribution >= 4 is 50.5 Å². The molecule has 0 spiro atoms. The molecule has 10 nitrogen and oxygen atoms in total. The molecular weight excluding hydrogens is 537 g/mol. The van der Waals surface area contributed by atoms with Crippen molar-refractivity contribution in [2.24, 2.45) is 0 Å². The molecule has 0 bridgehead atoms. The molecule has 3 aromatic rings. The van der Waals surface area contributed by atoms with Gasteiger partial charge in [-0.15, -0.1) is 11.3 Å². The minimum Gasteiger partial charge on any atom is -0.493 e. The largest absolute Gasteiger partial charge is 0.493 e. The second kappa shape index (κ2) is 10.5. The van der Waals surface area contributed by atoms with Crippen molar-refractivity contribution in [3.8, 4) is 16.4 Å². The van der Waals surface area contributed by atoms with E-state index in [-0.39, 0.29) is 42.4 Å². The van der Waals surface area contributed by atoms with Crippen molar-refractivity contribution in [2.75, 3.05) is 18.6 Å². The summed E-state index contributed by atoms with van der Waals surface area (Å²) in [5.41, 5.74) is 0.139. The fourth-order valence-electron chi connectivity index (χ4n) is 3.83. The molecule has 1 aromatic carbocycles. The third kappa shape index (κ3) is 5.53. The number of benzene rings is 1. The van der Waals surface area contributed by atoms with Crippen LogP contribution in [-0.2, 0) is 26.0 Å². The first-order chi connectivity index (χ1) is 17.1. The number of carbonyl (C=O) groups excluding carboxylic acids is 1. The highest BCUT2D eigenvalue weighted by molar-refractivity contribution is 7.89. The molecule has 1 fully saturated rings. The highest BCUT2D eigenvalue weighted by atomic mass is 35.5. The van der Waals surface area contributed by atoms with Crippen molar-refractivity contribution in [2.45, 2.75) is 36.6 Å². The Bertz CT molecular complexity index is 1410. The van der Waals surface area contributed by atoms with Crippen LogP contribution in [0.5, 0.6) is 5.75 Å². The second-order valence-corrected chi connectivity index (χ2v) is 11.4. The number of carboxylic acids is 1. The normalized spacial score (nSPS) is 15.2. The fraction of sp³-hybridized carbons (Fsp3) is 0.318. The van der Waals surface area contributed by atoms with E-state index < -0.39 is 32.7 Å². The third-order valence-electron chi connectivity index (χ3n) is 5.49. The van der Waals surface area contributed by atoms with E-state index in [0.29, 0.717) is 33.9 Å². The average Bonchev–Trinajstić information content (AvgIpc) is 3.47. The second-order valence-electron chi connectivity index (χ2n) is 7.96. The summed E-state index contributed by atoms with van der Waals surface area (Å²) in [4.78, 5) is 25.6. The molecule has 0 radical (unpaired) electrons. The molecule has 1 atom stereocenters. The maximum atomic E-state index is 14.5. The van der Waals surface area contributed by atoms with Gasteiger partial charge in [0.05, 0.1) is 27.7 Å². The number of anilines is 1. The number of piperidine rings is 1. The lowest BCUT2D eigenvalue weighted by atomic mass is 10.1. The molecule has 1 saturated heterocycles. The van der Waals surface area contributed by atoms with Crippen LogP contribution in [0.25, 0.3) is 10.6 Å². The molecule has 1 unspecified atom stereocenters. The number of rotatable bonds is 9. The molecule has 1 aliphatic heterocycles. The van der Waals surface area contributed by atoms with Crippen LogP contribution in [0.4, 0.5) is 10.1 Å². The molecular formula is C22H21ClFN3O7S2. The third-order valence-corrected chi connectivity index (χ3v) is 8.21. The van der Waals surface area contributed by atoms with E-state index in [9.17, 15) is 27.5 Å². The highest BCUT2D eigenvalue weighted by Crippen LogP contribution is 2.38. The van der Waals surface area contributed by atoms with Gasteiger partial charge in [0.25, 0.3) is 0 Å². The van der Waals surface area contributed by atoms with Gasteiger partial charge in [0.15, 0.2) is 11.5 Å². The molecule has 192 valence electrons. The van der Waals surface area contributed by atoms with Crippen molar-refractivity contribution in [3.05, 3.63) is 46.2 Å². The van der Waals surface area contributed by atoms with E-state index in [0.717, 1.165) is 6.07 Å². The van der Waals surface area contributed by atoms with E-state index in [2.05, 4.69) is 9.88 Å². The van der Waals surface area contributed by atoms with E-state index in [1.54, 1.807) is 12.1 Å². The maximum absolute atomic E-state index is 14.5.